The van der Waals surface area contributed by atoms with Crippen molar-refractivity contribution in [2.45, 2.75) is 32.6 Å². The van der Waals surface area contributed by atoms with Gasteiger partial charge in [-0.05, 0) is 60.1 Å². The zero-order valence-electron chi connectivity index (χ0n) is 23.7. The van der Waals surface area contributed by atoms with E-state index < -0.39 is 0 Å². The van der Waals surface area contributed by atoms with Crippen LogP contribution in [0, 0.1) is 0 Å². The molecule has 1 saturated carbocycles. The summed E-state index contributed by atoms with van der Waals surface area (Å²) in [5.41, 5.74) is 15.4. The first-order chi connectivity index (χ1) is 20.6. The minimum absolute atomic E-state index is 0.0452. The van der Waals surface area contributed by atoms with Gasteiger partial charge in [-0.15, -0.1) is 11.3 Å². The Kier molecular flexibility index (Phi) is 7.25. The number of hydrogen-bond acceptors (Lipinski definition) is 8. The van der Waals surface area contributed by atoms with Crippen LogP contribution < -0.4 is 25.5 Å². The summed E-state index contributed by atoms with van der Waals surface area (Å²) in [6, 6.07) is 14.2. The molecule has 0 atom stereocenters. The van der Waals surface area contributed by atoms with E-state index in [1.165, 1.54) is 23.3 Å². The molecule has 4 heterocycles. The van der Waals surface area contributed by atoms with Crippen LogP contribution in [0.25, 0.3) is 32.7 Å². The van der Waals surface area contributed by atoms with Gasteiger partial charge in [0.25, 0.3) is 0 Å². The molecule has 2 aliphatic heterocycles. The summed E-state index contributed by atoms with van der Waals surface area (Å²) in [7, 11) is 0. The Bertz CT molecular complexity index is 1770. The Morgan fingerprint density at radius 3 is 2.55 bits per heavy atom. The Morgan fingerprint density at radius 1 is 1.00 bits per heavy atom. The van der Waals surface area contributed by atoms with E-state index in [2.05, 4.69) is 54.3 Å². The van der Waals surface area contributed by atoms with Gasteiger partial charge in [-0.1, -0.05) is 37.3 Å². The molecule has 4 aromatic rings. The molecule has 0 unspecified atom stereocenters. The maximum Gasteiger partial charge on any atom is 0.204 e. The maximum absolute atomic E-state index is 13.2. The molecule has 1 aliphatic carbocycles. The van der Waals surface area contributed by atoms with Gasteiger partial charge in [0, 0.05) is 46.9 Å². The Labute approximate surface area is 248 Å². The van der Waals surface area contributed by atoms with Crippen molar-refractivity contribution < 1.29 is 18.6 Å². The molecular weight excluding hydrogens is 548 g/mol. The van der Waals surface area contributed by atoms with E-state index in [4.69, 9.17) is 24.4 Å². The molecular formula is C34H34N2O5S. The highest BCUT2D eigenvalue weighted by atomic mass is 32.1. The zero-order chi connectivity index (χ0) is 28.6. The number of ether oxygens (including phenoxy) is 3. The van der Waals surface area contributed by atoms with E-state index in [0.29, 0.717) is 67.2 Å². The molecule has 2 aromatic heterocycles. The van der Waals surface area contributed by atoms with Crippen LogP contribution in [0.15, 0.2) is 68.7 Å². The van der Waals surface area contributed by atoms with E-state index in [0.717, 1.165) is 58.3 Å². The molecule has 1 saturated heterocycles. The number of allylic oxidation sites excluding steroid dienone is 2. The summed E-state index contributed by atoms with van der Waals surface area (Å²) >= 11 is 1.40. The quantitative estimate of drug-likeness (QED) is 0.267. The molecule has 0 radical (unpaired) electrons. The van der Waals surface area contributed by atoms with E-state index >= 15 is 0 Å². The van der Waals surface area contributed by atoms with Gasteiger partial charge in [0.05, 0.1) is 13.2 Å². The third kappa shape index (κ3) is 4.78. The Morgan fingerprint density at radius 2 is 1.79 bits per heavy atom. The van der Waals surface area contributed by atoms with Gasteiger partial charge in [-0.2, -0.15) is 0 Å². The van der Waals surface area contributed by atoms with Gasteiger partial charge in [-0.25, -0.2) is 0 Å². The van der Waals surface area contributed by atoms with Crippen LogP contribution in [0.2, 0.25) is 0 Å². The SMILES string of the molecule is CC/C=C(\c1cc2c(c(-c3csc4c(=O)cc(N5CCOCC5)oc34)c1)OCCO2)c1ccccc1C(N)=C1CCC1. The van der Waals surface area contributed by atoms with Crippen LogP contribution in [-0.2, 0) is 4.74 Å². The monoisotopic (exact) mass is 582 g/mol. The molecule has 0 amide bonds. The van der Waals surface area contributed by atoms with Crippen LogP contribution in [0.5, 0.6) is 11.5 Å². The standard InChI is InChI=1S/C34H34N2O5S/c1-2-6-23(24-9-3-4-10-25(24)31(35)21-7-5-8-21)22-17-26(32-29(18-22)39-15-16-40-32)27-20-42-34-28(37)19-30(41-33(27)34)36-11-13-38-14-12-36/h3-4,6,9-10,17-20H,2,5,7-8,11-16,35H2,1H3/b23-6+. The molecule has 0 bridgehead atoms. The molecule has 42 heavy (non-hydrogen) atoms. The second-order valence-electron chi connectivity index (χ2n) is 10.8. The normalized spacial score (nSPS) is 16.9. The van der Waals surface area contributed by atoms with Crippen molar-refractivity contribution in [1.82, 2.24) is 0 Å². The summed E-state index contributed by atoms with van der Waals surface area (Å²) in [6.45, 7) is 5.64. The van der Waals surface area contributed by atoms with Gasteiger partial charge < -0.3 is 29.3 Å². The van der Waals surface area contributed by atoms with E-state index in [1.807, 2.05) is 5.38 Å². The largest absolute Gasteiger partial charge is 0.486 e. The number of rotatable bonds is 6. The van der Waals surface area contributed by atoms with Gasteiger partial charge in [0.1, 0.15) is 17.9 Å². The first-order valence-corrected chi connectivity index (χ1v) is 15.6. The average molecular weight is 583 g/mol. The summed E-state index contributed by atoms with van der Waals surface area (Å²) in [4.78, 5) is 15.3. The number of morpholine rings is 1. The highest BCUT2D eigenvalue weighted by molar-refractivity contribution is 7.17. The molecule has 2 aromatic carbocycles. The number of nitrogens with two attached hydrogens (primary N) is 1. The van der Waals surface area contributed by atoms with Crippen LogP contribution in [0.3, 0.4) is 0 Å². The number of fused-ring (bicyclic) bond motifs is 2. The minimum atomic E-state index is -0.0452. The molecule has 3 aliphatic rings. The number of thiophene rings is 1. The van der Waals surface area contributed by atoms with Crippen molar-refractivity contribution in [3.63, 3.8) is 0 Å². The van der Waals surface area contributed by atoms with Gasteiger partial charge in [-0.3, -0.25) is 4.79 Å². The van der Waals surface area contributed by atoms with Gasteiger partial charge >= 0.3 is 0 Å². The lowest BCUT2D eigenvalue weighted by Crippen LogP contribution is -2.36. The first-order valence-electron chi connectivity index (χ1n) is 14.7. The lowest BCUT2D eigenvalue weighted by Gasteiger charge is -2.27. The average Bonchev–Trinajstić information content (AvgIpc) is 3.43. The highest BCUT2D eigenvalue weighted by Gasteiger charge is 2.26. The number of hydrogen-bond donors (Lipinski definition) is 1. The molecule has 2 N–H and O–H groups in total. The highest BCUT2D eigenvalue weighted by Crippen LogP contribution is 2.47. The fourth-order valence-electron chi connectivity index (χ4n) is 5.92. The third-order valence-electron chi connectivity index (χ3n) is 8.25. The minimum Gasteiger partial charge on any atom is -0.486 e. The lowest BCUT2D eigenvalue weighted by atomic mass is 9.85. The summed E-state index contributed by atoms with van der Waals surface area (Å²) in [5, 5.41) is 1.99. The van der Waals surface area contributed by atoms with Crippen LogP contribution in [0.1, 0.15) is 49.3 Å². The molecule has 7 nitrogen and oxygen atoms in total. The lowest BCUT2D eigenvalue weighted by molar-refractivity contribution is 0.121. The molecule has 7 rings (SSSR count). The van der Waals surface area contributed by atoms with Gasteiger partial charge in [0.2, 0.25) is 5.43 Å². The number of benzene rings is 2. The van der Waals surface area contributed by atoms with Crippen LogP contribution in [-0.4, -0.2) is 39.5 Å². The predicted octanol–water partition coefficient (Wildman–Crippen LogP) is 6.82. The summed E-state index contributed by atoms with van der Waals surface area (Å²) < 4.78 is 24.9. The van der Waals surface area contributed by atoms with Crippen molar-refractivity contribution in [3.8, 4) is 22.6 Å². The predicted molar refractivity (Wildman–Crippen MR) is 169 cm³/mol. The van der Waals surface area contributed by atoms with Crippen molar-refractivity contribution in [1.29, 1.82) is 0 Å². The number of anilines is 1. The topological polar surface area (TPSA) is 87.2 Å². The number of nitrogens with zero attached hydrogens (tertiary/aromatic N) is 1. The Hall–Kier alpha value is -4.01. The molecule has 0 spiro atoms. The molecule has 216 valence electrons. The fourth-order valence-corrected chi connectivity index (χ4v) is 6.82. The van der Waals surface area contributed by atoms with Gasteiger partial charge in [0.15, 0.2) is 23.0 Å². The van der Waals surface area contributed by atoms with Crippen molar-refractivity contribution in [2.75, 3.05) is 44.4 Å². The molecule has 8 heteroatoms. The van der Waals surface area contributed by atoms with E-state index in [1.54, 1.807) is 6.07 Å². The zero-order valence-corrected chi connectivity index (χ0v) is 24.6. The van der Waals surface area contributed by atoms with Crippen molar-refractivity contribution >= 4 is 38.8 Å². The maximum atomic E-state index is 13.2. The smallest absolute Gasteiger partial charge is 0.204 e. The van der Waals surface area contributed by atoms with Crippen LogP contribution >= 0.6 is 11.3 Å². The van der Waals surface area contributed by atoms with E-state index in [-0.39, 0.29) is 5.43 Å². The van der Waals surface area contributed by atoms with E-state index in [9.17, 15) is 4.79 Å². The fraction of sp³-hybridized carbons (Fsp3) is 0.324. The Balaban J connectivity index is 1.41. The summed E-state index contributed by atoms with van der Waals surface area (Å²) in [5.74, 6) is 1.92. The van der Waals surface area contributed by atoms with Crippen LogP contribution in [0.4, 0.5) is 5.88 Å². The second kappa shape index (κ2) is 11.3. The molecule has 2 fully saturated rings. The van der Waals surface area contributed by atoms with Crippen molar-refractivity contribution in [3.05, 3.63) is 86.4 Å². The summed E-state index contributed by atoms with van der Waals surface area (Å²) in [6.07, 6.45) is 6.41. The van der Waals surface area contributed by atoms with Crippen molar-refractivity contribution in [2.24, 2.45) is 5.73 Å². The third-order valence-corrected chi connectivity index (χ3v) is 9.23. The second-order valence-corrected chi connectivity index (χ2v) is 11.7. The first kappa shape index (κ1) is 26.9.